The molecule has 0 fully saturated rings. The number of aliphatic imine (C=N–C) groups is 1. The van der Waals surface area contributed by atoms with Gasteiger partial charge in [-0.05, 0) is 33.3 Å². The normalized spacial score (nSPS) is 10.9. The minimum Gasteiger partial charge on any atom is -0.357 e. The third-order valence-electron chi connectivity index (χ3n) is 3.04. The molecule has 1 heterocycles. The molecule has 3 N–H and O–H groups in total. The van der Waals surface area contributed by atoms with E-state index in [0.29, 0.717) is 13.1 Å². The Morgan fingerprint density at radius 3 is 2.52 bits per heavy atom. The van der Waals surface area contributed by atoms with Crippen LogP contribution in [0.25, 0.3) is 0 Å². The van der Waals surface area contributed by atoms with Gasteiger partial charge in [-0.3, -0.25) is 14.5 Å². The van der Waals surface area contributed by atoms with Crippen LogP contribution in [-0.2, 0) is 11.3 Å². The Balaban J connectivity index is 0.00000484. The zero-order chi connectivity index (χ0) is 16.4. The predicted octanol–water partition coefficient (Wildman–Crippen LogP) is 1.20. The summed E-state index contributed by atoms with van der Waals surface area (Å²) in [6.07, 6.45) is 0.935. The molecule has 0 saturated heterocycles. The molecule has 0 radical (unpaired) electrons. The van der Waals surface area contributed by atoms with Crippen LogP contribution in [0.15, 0.2) is 11.1 Å². The largest absolute Gasteiger partial charge is 0.357 e. The highest BCUT2D eigenvalue weighted by Crippen LogP contribution is 2.02. The number of rotatable bonds is 8. The van der Waals surface area contributed by atoms with E-state index in [1.807, 2.05) is 18.5 Å². The molecule has 0 unspecified atom stereocenters. The number of halogens is 1. The lowest BCUT2D eigenvalue weighted by molar-refractivity contribution is -0.118. The van der Waals surface area contributed by atoms with Crippen LogP contribution < -0.4 is 16.0 Å². The second-order valence-corrected chi connectivity index (χ2v) is 5.17. The number of carbonyl (C=O) groups is 1. The first-order chi connectivity index (χ1) is 10.5. The zero-order valence-corrected chi connectivity index (χ0v) is 16.8. The van der Waals surface area contributed by atoms with Crippen LogP contribution in [-0.4, -0.2) is 47.8 Å². The lowest BCUT2D eigenvalue weighted by Gasteiger charge is -2.11. The van der Waals surface area contributed by atoms with Crippen molar-refractivity contribution in [3.8, 4) is 0 Å². The molecule has 132 valence electrons. The van der Waals surface area contributed by atoms with Crippen molar-refractivity contribution in [1.29, 1.82) is 0 Å². The summed E-state index contributed by atoms with van der Waals surface area (Å²) >= 11 is 0. The molecule has 0 atom stereocenters. The van der Waals surface area contributed by atoms with Crippen LogP contribution >= 0.6 is 24.0 Å². The van der Waals surface area contributed by atoms with Gasteiger partial charge in [-0.25, -0.2) is 0 Å². The minimum absolute atomic E-state index is 0. The molecule has 7 nitrogen and oxygen atoms in total. The van der Waals surface area contributed by atoms with Crippen LogP contribution in [0.5, 0.6) is 0 Å². The van der Waals surface area contributed by atoms with Crippen LogP contribution in [0.3, 0.4) is 0 Å². The second-order valence-electron chi connectivity index (χ2n) is 5.17. The number of guanidine groups is 1. The summed E-state index contributed by atoms with van der Waals surface area (Å²) in [6.45, 7) is 11.3. The highest BCUT2D eigenvalue weighted by Gasteiger charge is 2.00. The number of amides is 1. The number of hydrogen-bond acceptors (Lipinski definition) is 3. The standard InChI is InChI=1S/C15H28N6O.HI/c1-5-16-15(19-9-8-17-14(4)22)18-7-6-10-21-13(3)11-12(2)20-21;/h11H,5-10H2,1-4H3,(H,17,22)(H2,16,18,19);1H. The number of aromatic nitrogens is 2. The van der Waals surface area contributed by atoms with E-state index in [9.17, 15) is 4.79 Å². The molecule has 1 aromatic rings. The number of carbonyl (C=O) groups excluding carboxylic acids is 1. The van der Waals surface area contributed by atoms with E-state index in [1.54, 1.807) is 0 Å². The Kier molecular flexibility index (Phi) is 11.4. The highest BCUT2D eigenvalue weighted by atomic mass is 127. The van der Waals surface area contributed by atoms with E-state index in [1.165, 1.54) is 12.6 Å². The molecule has 8 heteroatoms. The lowest BCUT2D eigenvalue weighted by Crippen LogP contribution is -2.41. The van der Waals surface area contributed by atoms with Crippen molar-refractivity contribution >= 4 is 35.8 Å². The zero-order valence-electron chi connectivity index (χ0n) is 14.5. The molecule has 23 heavy (non-hydrogen) atoms. The topological polar surface area (TPSA) is 83.3 Å². The fourth-order valence-electron chi connectivity index (χ4n) is 2.07. The van der Waals surface area contributed by atoms with Gasteiger partial charge in [0, 0.05) is 45.3 Å². The fourth-order valence-corrected chi connectivity index (χ4v) is 2.07. The molecule has 1 amide bonds. The van der Waals surface area contributed by atoms with E-state index in [4.69, 9.17) is 0 Å². The minimum atomic E-state index is -0.0198. The summed E-state index contributed by atoms with van der Waals surface area (Å²) in [7, 11) is 0. The number of hydrogen-bond donors (Lipinski definition) is 3. The predicted molar refractivity (Wildman–Crippen MR) is 104 cm³/mol. The highest BCUT2D eigenvalue weighted by molar-refractivity contribution is 14.0. The van der Waals surface area contributed by atoms with Crippen molar-refractivity contribution in [3.05, 3.63) is 17.5 Å². The van der Waals surface area contributed by atoms with Crippen LogP contribution in [0, 0.1) is 13.8 Å². The SMILES string of the molecule is CCNC(=NCCCn1nc(C)cc1C)NCCNC(C)=O.I. The van der Waals surface area contributed by atoms with Crippen LogP contribution in [0.4, 0.5) is 0 Å². The molecule has 0 aliphatic heterocycles. The molecule has 0 saturated carbocycles. The summed E-state index contributed by atoms with van der Waals surface area (Å²) < 4.78 is 2.02. The summed E-state index contributed by atoms with van der Waals surface area (Å²) in [4.78, 5) is 15.3. The van der Waals surface area contributed by atoms with Crippen molar-refractivity contribution in [2.75, 3.05) is 26.2 Å². The summed E-state index contributed by atoms with van der Waals surface area (Å²) in [5, 5.41) is 13.6. The van der Waals surface area contributed by atoms with Gasteiger partial charge in [0.1, 0.15) is 0 Å². The molecule has 0 spiro atoms. The Morgan fingerprint density at radius 2 is 1.96 bits per heavy atom. The van der Waals surface area contributed by atoms with E-state index in [-0.39, 0.29) is 29.9 Å². The van der Waals surface area contributed by atoms with Crippen molar-refractivity contribution in [3.63, 3.8) is 0 Å². The van der Waals surface area contributed by atoms with E-state index in [2.05, 4.69) is 39.0 Å². The van der Waals surface area contributed by atoms with Gasteiger partial charge in [0.15, 0.2) is 5.96 Å². The summed E-state index contributed by atoms with van der Waals surface area (Å²) in [6, 6.07) is 2.08. The van der Waals surface area contributed by atoms with Gasteiger partial charge in [-0.2, -0.15) is 5.10 Å². The first-order valence-corrected chi connectivity index (χ1v) is 7.80. The van der Waals surface area contributed by atoms with Crippen LogP contribution in [0.2, 0.25) is 0 Å². The van der Waals surface area contributed by atoms with Gasteiger partial charge in [-0.15, -0.1) is 24.0 Å². The monoisotopic (exact) mass is 436 g/mol. The molecule has 0 aliphatic carbocycles. The third kappa shape index (κ3) is 9.42. The second kappa shape index (κ2) is 12.1. The first-order valence-electron chi connectivity index (χ1n) is 7.80. The van der Waals surface area contributed by atoms with Gasteiger partial charge < -0.3 is 16.0 Å². The van der Waals surface area contributed by atoms with Gasteiger partial charge >= 0.3 is 0 Å². The number of nitrogens with zero attached hydrogens (tertiary/aromatic N) is 3. The molecular weight excluding hydrogens is 407 g/mol. The lowest BCUT2D eigenvalue weighted by atomic mass is 10.4. The van der Waals surface area contributed by atoms with Crippen molar-refractivity contribution in [1.82, 2.24) is 25.7 Å². The Hall–Kier alpha value is -1.32. The van der Waals surface area contributed by atoms with E-state index >= 15 is 0 Å². The first kappa shape index (κ1) is 21.7. The number of nitrogens with one attached hydrogen (secondary N) is 3. The van der Waals surface area contributed by atoms with Gasteiger partial charge in [0.25, 0.3) is 0 Å². The van der Waals surface area contributed by atoms with Crippen LogP contribution in [0.1, 0.15) is 31.7 Å². The molecule has 1 rings (SSSR count). The fraction of sp³-hybridized carbons (Fsp3) is 0.667. The smallest absolute Gasteiger partial charge is 0.216 e. The summed E-state index contributed by atoms with van der Waals surface area (Å²) in [5.41, 5.74) is 2.23. The quantitative estimate of drug-likeness (QED) is 0.248. The number of aryl methyl sites for hydroxylation is 3. The molecule has 1 aromatic heterocycles. The average Bonchev–Trinajstić information content (AvgIpc) is 2.77. The molecular formula is C15H29IN6O. The summed E-state index contributed by atoms with van der Waals surface area (Å²) in [5.74, 6) is 0.759. The Morgan fingerprint density at radius 1 is 1.26 bits per heavy atom. The molecule has 0 aromatic carbocycles. The van der Waals surface area contributed by atoms with Gasteiger partial charge in [0.2, 0.25) is 5.91 Å². The van der Waals surface area contributed by atoms with E-state index < -0.39 is 0 Å². The maximum Gasteiger partial charge on any atom is 0.216 e. The Labute approximate surface area is 155 Å². The molecule has 0 bridgehead atoms. The maximum absolute atomic E-state index is 10.8. The van der Waals surface area contributed by atoms with Gasteiger partial charge in [-0.1, -0.05) is 0 Å². The third-order valence-corrected chi connectivity index (χ3v) is 3.04. The molecule has 0 aliphatic rings. The Bertz CT molecular complexity index is 500. The maximum atomic E-state index is 10.8. The van der Waals surface area contributed by atoms with E-state index in [0.717, 1.165) is 37.7 Å². The van der Waals surface area contributed by atoms with Crippen molar-refractivity contribution in [2.24, 2.45) is 4.99 Å². The average molecular weight is 436 g/mol. The van der Waals surface area contributed by atoms with Crippen molar-refractivity contribution < 1.29 is 4.79 Å². The van der Waals surface area contributed by atoms with Crippen molar-refractivity contribution in [2.45, 2.75) is 40.7 Å². The van der Waals surface area contributed by atoms with Gasteiger partial charge in [0.05, 0.1) is 5.69 Å².